The van der Waals surface area contributed by atoms with Gasteiger partial charge in [-0.05, 0) is 60.4 Å². The highest BCUT2D eigenvalue weighted by Gasteiger charge is 2.35. The summed E-state index contributed by atoms with van der Waals surface area (Å²) < 4.78 is 5.47. The van der Waals surface area contributed by atoms with Crippen LogP contribution in [0.25, 0.3) is 10.9 Å². The molecule has 4 aromatic rings. The number of rotatable bonds is 3. The van der Waals surface area contributed by atoms with Gasteiger partial charge in [0.15, 0.2) is 0 Å². The van der Waals surface area contributed by atoms with Gasteiger partial charge in [-0.15, -0.1) is 0 Å². The Bertz CT molecular complexity index is 1310. The molecular weight excluding hydrogens is 422 g/mol. The van der Waals surface area contributed by atoms with Crippen molar-refractivity contribution in [3.63, 3.8) is 0 Å². The Hall–Kier alpha value is -3.44. The third-order valence-corrected chi connectivity index (χ3v) is 6.62. The van der Waals surface area contributed by atoms with Crippen LogP contribution in [0, 0.1) is 6.92 Å². The molecule has 2 amide bonds. The van der Waals surface area contributed by atoms with Gasteiger partial charge in [-0.2, -0.15) is 0 Å². The predicted molar refractivity (Wildman–Crippen MR) is 129 cm³/mol. The molecule has 0 spiro atoms. The quantitative estimate of drug-likeness (QED) is 0.387. The number of nitrogens with zero attached hydrogens (tertiary/aromatic N) is 1. The number of fused-ring (bicyclic) bond motifs is 3. The van der Waals surface area contributed by atoms with E-state index >= 15 is 0 Å². The Morgan fingerprint density at radius 1 is 1.12 bits per heavy atom. The summed E-state index contributed by atoms with van der Waals surface area (Å²) in [5.74, 6) is 0.761. The number of halogens is 1. The maximum atomic E-state index is 13.5. The fourth-order valence-corrected chi connectivity index (χ4v) is 4.72. The largest absolute Gasteiger partial charge is 0.497 e. The van der Waals surface area contributed by atoms with Gasteiger partial charge in [0.1, 0.15) is 5.75 Å². The van der Waals surface area contributed by atoms with Crippen molar-refractivity contribution in [3.8, 4) is 5.75 Å². The molecule has 5 rings (SSSR count). The van der Waals surface area contributed by atoms with Gasteiger partial charge in [-0.1, -0.05) is 48.0 Å². The van der Waals surface area contributed by atoms with Crippen LogP contribution in [-0.2, 0) is 6.42 Å². The van der Waals surface area contributed by atoms with E-state index in [1.54, 1.807) is 7.11 Å². The van der Waals surface area contributed by atoms with Gasteiger partial charge in [-0.25, -0.2) is 4.79 Å². The number of urea groups is 1. The molecule has 32 heavy (non-hydrogen) atoms. The number of anilines is 1. The summed E-state index contributed by atoms with van der Waals surface area (Å²) in [6.07, 6.45) is 0.780. The molecule has 1 aliphatic heterocycles. The van der Waals surface area contributed by atoms with Crippen molar-refractivity contribution in [1.82, 2.24) is 9.88 Å². The van der Waals surface area contributed by atoms with Crippen LogP contribution in [0.3, 0.4) is 0 Å². The van der Waals surface area contributed by atoms with Gasteiger partial charge in [0, 0.05) is 33.9 Å². The van der Waals surface area contributed by atoms with E-state index in [-0.39, 0.29) is 12.1 Å². The van der Waals surface area contributed by atoms with Gasteiger partial charge in [0.05, 0.1) is 13.2 Å². The summed E-state index contributed by atoms with van der Waals surface area (Å²) in [6.45, 7) is 2.51. The first-order chi connectivity index (χ1) is 15.6. The van der Waals surface area contributed by atoms with Crippen LogP contribution in [-0.4, -0.2) is 29.6 Å². The van der Waals surface area contributed by atoms with E-state index in [1.165, 1.54) is 10.9 Å². The molecule has 0 fully saturated rings. The number of methoxy groups -OCH3 is 1. The second kappa shape index (κ2) is 8.24. The van der Waals surface area contributed by atoms with Crippen LogP contribution >= 0.6 is 11.6 Å². The SMILES string of the molecule is COc1cccc([C@@H]2c3[nH]c4ccccc4c3CCN2C(=O)Nc2cccc(Cl)c2C)c1. The second-order valence-electron chi connectivity index (χ2n) is 8.03. The van der Waals surface area contributed by atoms with E-state index in [0.717, 1.165) is 34.5 Å². The lowest BCUT2D eigenvalue weighted by Crippen LogP contribution is -2.43. The third kappa shape index (κ3) is 3.49. The molecule has 1 atom stereocenters. The molecule has 0 bridgehead atoms. The fourth-order valence-electron chi connectivity index (χ4n) is 4.55. The van der Waals surface area contributed by atoms with E-state index in [0.29, 0.717) is 17.3 Å². The monoisotopic (exact) mass is 445 g/mol. The molecule has 0 saturated carbocycles. The molecule has 0 saturated heterocycles. The number of aromatic nitrogens is 1. The summed E-state index contributed by atoms with van der Waals surface area (Å²) in [5, 5.41) is 4.91. The molecule has 162 valence electrons. The molecule has 1 aliphatic rings. The molecular formula is C26H24ClN3O2. The Labute approximate surface area is 192 Å². The number of ether oxygens (including phenoxy) is 1. The van der Waals surface area contributed by atoms with E-state index in [4.69, 9.17) is 16.3 Å². The number of hydrogen-bond acceptors (Lipinski definition) is 2. The molecule has 2 N–H and O–H groups in total. The predicted octanol–water partition coefficient (Wildman–Crippen LogP) is 6.32. The van der Waals surface area contributed by atoms with Crippen molar-refractivity contribution in [3.05, 3.63) is 94.1 Å². The number of aromatic amines is 1. The first-order valence-corrected chi connectivity index (χ1v) is 11.0. The van der Waals surface area contributed by atoms with Gasteiger partial charge < -0.3 is 19.9 Å². The molecule has 0 unspecified atom stereocenters. The van der Waals surface area contributed by atoms with Crippen molar-refractivity contribution >= 4 is 34.2 Å². The van der Waals surface area contributed by atoms with Crippen molar-refractivity contribution in [2.75, 3.05) is 19.0 Å². The van der Waals surface area contributed by atoms with Gasteiger partial charge in [0.2, 0.25) is 0 Å². The highest BCUT2D eigenvalue weighted by Crippen LogP contribution is 2.39. The van der Waals surface area contributed by atoms with E-state index < -0.39 is 0 Å². The standard InChI is InChI=1S/C26H24ClN3O2/c1-16-21(27)10-6-12-22(16)29-26(31)30-14-13-20-19-9-3-4-11-23(19)28-24(20)25(30)17-7-5-8-18(15-17)32-2/h3-12,15,25,28H,13-14H2,1-2H3,(H,29,31)/t25-/m1/s1. The molecule has 0 radical (unpaired) electrons. The first kappa shape index (κ1) is 20.5. The number of carbonyl (C=O) groups is 1. The van der Waals surface area contributed by atoms with Gasteiger partial charge in [0.25, 0.3) is 0 Å². The topological polar surface area (TPSA) is 57.4 Å². The van der Waals surface area contributed by atoms with E-state index in [9.17, 15) is 4.79 Å². The van der Waals surface area contributed by atoms with E-state index in [1.807, 2.05) is 60.4 Å². The van der Waals surface area contributed by atoms with Crippen LogP contribution < -0.4 is 10.1 Å². The number of nitrogens with one attached hydrogen (secondary N) is 2. The first-order valence-electron chi connectivity index (χ1n) is 10.6. The zero-order valence-corrected chi connectivity index (χ0v) is 18.7. The Kier molecular flexibility index (Phi) is 5.27. The summed E-state index contributed by atoms with van der Waals surface area (Å²) in [4.78, 5) is 19.0. The van der Waals surface area contributed by atoms with Crippen molar-refractivity contribution in [2.45, 2.75) is 19.4 Å². The van der Waals surface area contributed by atoms with Crippen LogP contribution in [0.2, 0.25) is 5.02 Å². The van der Waals surface area contributed by atoms with Crippen molar-refractivity contribution in [1.29, 1.82) is 0 Å². The van der Waals surface area contributed by atoms with Crippen molar-refractivity contribution < 1.29 is 9.53 Å². The Balaban J connectivity index is 1.59. The smallest absolute Gasteiger partial charge is 0.322 e. The molecule has 3 aromatic carbocycles. The van der Waals surface area contributed by atoms with Crippen LogP contribution in [0.1, 0.15) is 28.4 Å². The summed E-state index contributed by atoms with van der Waals surface area (Å²) in [6, 6.07) is 21.3. The Morgan fingerprint density at radius 3 is 2.78 bits per heavy atom. The fraction of sp³-hybridized carbons (Fsp3) is 0.192. The molecule has 6 heteroatoms. The van der Waals surface area contributed by atoms with Crippen LogP contribution in [0.4, 0.5) is 10.5 Å². The summed E-state index contributed by atoms with van der Waals surface area (Å²) in [7, 11) is 1.65. The Morgan fingerprint density at radius 2 is 1.94 bits per heavy atom. The van der Waals surface area contributed by atoms with Crippen LogP contribution in [0.5, 0.6) is 5.75 Å². The lowest BCUT2D eigenvalue weighted by Gasteiger charge is -2.36. The number of H-pyrrole nitrogens is 1. The minimum atomic E-state index is -0.263. The van der Waals surface area contributed by atoms with Crippen molar-refractivity contribution in [2.24, 2.45) is 0 Å². The number of para-hydroxylation sites is 1. The summed E-state index contributed by atoms with van der Waals surface area (Å²) >= 11 is 6.27. The normalized spacial score (nSPS) is 15.5. The molecule has 1 aromatic heterocycles. The maximum Gasteiger partial charge on any atom is 0.322 e. The zero-order valence-electron chi connectivity index (χ0n) is 18.0. The van der Waals surface area contributed by atoms with Gasteiger partial charge in [-0.3, -0.25) is 0 Å². The zero-order chi connectivity index (χ0) is 22.2. The maximum absolute atomic E-state index is 13.5. The number of benzene rings is 3. The third-order valence-electron chi connectivity index (χ3n) is 6.21. The lowest BCUT2D eigenvalue weighted by molar-refractivity contribution is 0.193. The van der Waals surface area contributed by atoms with Crippen LogP contribution in [0.15, 0.2) is 66.7 Å². The number of carbonyl (C=O) groups excluding carboxylic acids is 1. The molecule has 0 aliphatic carbocycles. The highest BCUT2D eigenvalue weighted by molar-refractivity contribution is 6.31. The lowest BCUT2D eigenvalue weighted by atomic mass is 9.92. The number of amides is 2. The average Bonchev–Trinajstić information content (AvgIpc) is 3.20. The minimum absolute atomic E-state index is 0.160. The highest BCUT2D eigenvalue weighted by atomic mass is 35.5. The minimum Gasteiger partial charge on any atom is -0.497 e. The summed E-state index contributed by atoms with van der Waals surface area (Å²) in [5.41, 5.74) is 5.95. The van der Waals surface area contributed by atoms with Gasteiger partial charge >= 0.3 is 6.03 Å². The van der Waals surface area contributed by atoms with E-state index in [2.05, 4.69) is 28.5 Å². The second-order valence-corrected chi connectivity index (χ2v) is 8.44. The average molecular weight is 446 g/mol. The number of hydrogen-bond donors (Lipinski definition) is 2. The molecule has 5 nitrogen and oxygen atoms in total. The molecule has 2 heterocycles.